The number of halogens is 2. The number of rotatable bonds is 3. The molecule has 19 heavy (non-hydrogen) atoms. The molecule has 1 aliphatic rings. The van der Waals surface area contributed by atoms with E-state index in [4.69, 9.17) is 11.6 Å². The fourth-order valence-corrected chi connectivity index (χ4v) is 2.46. The van der Waals surface area contributed by atoms with Crippen LogP contribution in [0.3, 0.4) is 0 Å². The van der Waals surface area contributed by atoms with E-state index in [0.717, 1.165) is 12.8 Å². The first-order valence-corrected chi connectivity index (χ1v) is 6.91. The van der Waals surface area contributed by atoms with Gasteiger partial charge in [0.15, 0.2) is 0 Å². The molecule has 1 fully saturated rings. The number of fused-ring (bicyclic) bond motifs is 1. The van der Waals surface area contributed by atoms with Crippen LogP contribution in [0.25, 0.3) is 10.9 Å². The molecule has 3 rings (SSSR count). The molecule has 2 aromatic rings. The summed E-state index contributed by atoms with van der Waals surface area (Å²) in [5.74, 6) is 0.0494. The van der Waals surface area contributed by atoms with Crippen molar-refractivity contribution in [1.82, 2.24) is 9.55 Å². The summed E-state index contributed by atoms with van der Waals surface area (Å²) >= 11 is 6.26. The summed E-state index contributed by atoms with van der Waals surface area (Å²) in [6, 6.07) is 4.64. The minimum absolute atomic E-state index is 0.0677. The maximum atomic E-state index is 13.8. The molecule has 0 bridgehead atoms. The largest absolute Gasteiger partial charge is 0.292 e. The molecule has 0 spiro atoms. The molecule has 100 valence electrons. The van der Waals surface area contributed by atoms with Crippen molar-refractivity contribution in [3.8, 4) is 0 Å². The molecule has 0 aliphatic heterocycles. The lowest BCUT2D eigenvalue weighted by molar-refractivity contribution is 0.607. The van der Waals surface area contributed by atoms with Gasteiger partial charge in [0, 0.05) is 6.04 Å². The van der Waals surface area contributed by atoms with Gasteiger partial charge in [-0.15, -0.1) is 11.6 Å². The second kappa shape index (κ2) is 4.60. The predicted octanol–water partition coefficient (Wildman–Crippen LogP) is 3.56. The average molecular weight is 281 g/mol. The molecule has 1 aliphatic carbocycles. The second-order valence-corrected chi connectivity index (χ2v) is 5.41. The molecule has 1 aromatic heterocycles. The van der Waals surface area contributed by atoms with Crippen molar-refractivity contribution < 1.29 is 4.39 Å². The zero-order chi connectivity index (χ0) is 13.6. The van der Waals surface area contributed by atoms with Gasteiger partial charge in [-0.05, 0) is 31.4 Å². The van der Waals surface area contributed by atoms with Gasteiger partial charge < -0.3 is 0 Å². The monoisotopic (exact) mass is 280 g/mol. The Labute approximate surface area is 115 Å². The summed E-state index contributed by atoms with van der Waals surface area (Å²) in [4.78, 5) is 16.9. The Balaban J connectivity index is 2.37. The molecule has 0 amide bonds. The molecule has 0 saturated heterocycles. The van der Waals surface area contributed by atoms with Crippen LogP contribution in [-0.2, 0) is 0 Å². The Kier molecular flexibility index (Phi) is 3.05. The van der Waals surface area contributed by atoms with Crippen LogP contribution in [0.4, 0.5) is 4.39 Å². The van der Waals surface area contributed by atoms with Crippen molar-refractivity contribution in [1.29, 1.82) is 0 Å². The maximum absolute atomic E-state index is 13.8. The average Bonchev–Trinajstić information content (AvgIpc) is 3.21. The summed E-state index contributed by atoms with van der Waals surface area (Å²) < 4.78 is 15.4. The van der Waals surface area contributed by atoms with Gasteiger partial charge in [0.1, 0.15) is 17.0 Å². The van der Waals surface area contributed by atoms with Crippen molar-refractivity contribution in [2.45, 2.75) is 37.6 Å². The smallest absolute Gasteiger partial charge is 0.264 e. The van der Waals surface area contributed by atoms with Crippen LogP contribution in [0, 0.1) is 5.82 Å². The molecule has 1 saturated carbocycles. The Morgan fingerprint density at radius 2 is 2.26 bits per heavy atom. The lowest BCUT2D eigenvalue weighted by atomic mass is 10.2. The molecule has 0 radical (unpaired) electrons. The van der Waals surface area contributed by atoms with E-state index in [-0.39, 0.29) is 22.4 Å². The van der Waals surface area contributed by atoms with E-state index in [9.17, 15) is 9.18 Å². The van der Waals surface area contributed by atoms with E-state index in [0.29, 0.717) is 17.8 Å². The molecular formula is C14H14ClFN2O. The number of nitrogens with zero attached hydrogens (tertiary/aromatic N) is 2. The molecule has 3 nitrogen and oxygen atoms in total. The maximum Gasteiger partial charge on any atom is 0.264 e. The SMILES string of the molecule is CC[C@@H](Cl)c1nc2cccc(F)c2c(=O)n1C1CC1. The van der Waals surface area contributed by atoms with Crippen molar-refractivity contribution in [3.05, 3.63) is 40.2 Å². The van der Waals surface area contributed by atoms with Gasteiger partial charge in [-0.3, -0.25) is 9.36 Å². The third-order valence-electron chi connectivity index (χ3n) is 3.46. The van der Waals surface area contributed by atoms with E-state index in [2.05, 4.69) is 4.98 Å². The molecule has 5 heteroatoms. The Morgan fingerprint density at radius 3 is 2.89 bits per heavy atom. The van der Waals surface area contributed by atoms with Gasteiger partial charge in [-0.2, -0.15) is 0 Å². The zero-order valence-electron chi connectivity index (χ0n) is 10.6. The second-order valence-electron chi connectivity index (χ2n) is 4.89. The van der Waals surface area contributed by atoms with Crippen molar-refractivity contribution in [2.75, 3.05) is 0 Å². The van der Waals surface area contributed by atoms with Crippen LogP contribution < -0.4 is 5.56 Å². The highest BCUT2D eigenvalue weighted by molar-refractivity contribution is 6.20. The topological polar surface area (TPSA) is 34.9 Å². The summed E-state index contributed by atoms with van der Waals surface area (Å²) in [6.07, 6.45) is 2.55. The van der Waals surface area contributed by atoms with Crippen LogP contribution >= 0.6 is 11.6 Å². The fraction of sp³-hybridized carbons (Fsp3) is 0.429. The highest BCUT2D eigenvalue weighted by Crippen LogP contribution is 2.37. The highest BCUT2D eigenvalue weighted by atomic mass is 35.5. The van der Waals surface area contributed by atoms with Crippen LogP contribution in [0.1, 0.15) is 43.4 Å². The lowest BCUT2D eigenvalue weighted by Crippen LogP contribution is -2.26. The van der Waals surface area contributed by atoms with Gasteiger partial charge in [-0.1, -0.05) is 13.0 Å². The van der Waals surface area contributed by atoms with E-state index < -0.39 is 5.82 Å². The number of aromatic nitrogens is 2. The van der Waals surface area contributed by atoms with Crippen molar-refractivity contribution in [3.63, 3.8) is 0 Å². The zero-order valence-corrected chi connectivity index (χ0v) is 11.3. The molecule has 1 atom stereocenters. The predicted molar refractivity (Wildman–Crippen MR) is 73.1 cm³/mol. The minimum atomic E-state index is -0.515. The van der Waals surface area contributed by atoms with Crippen molar-refractivity contribution >= 4 is 22.5 Å². The van der Waals surface area contributed by atoms with Crippen LogP contribution in [0.2, 0.25) is 0 Å². The fourth-order valence-electron chi connectivity index (χ4n) is 2.31. The molecular weight excluding hydrogens is 267 g/mol. The Morgan fingerprint density at radius 1 is 1.53 bits per heavy atom. The van der Waals surface area contributed by atoms with Gasteiger partial charge in [-0.25, -0.2) is 9.37 Å². The highest BCUT2D eigenvalue weighted by Gasteiger charge is 2.30. The molecule has 1 heterocycles. The normalized spacial score (nSPS) is 16.8. The molecule has 1 aromatic carbocycles. The summed E-state index contributed by atoms with van der Waals surface area (Å²) in [5, 5.41) is -0.251. The summed E-state index contributed by atoms with van der Waals surface area (Å²) in [5.41, 5.74) is 0.0794. The molecule has 0 N–H and O–H groups in total. The van der Waals surface area contributed by atoms with Crippen LogP contribution in [0.5, 0.6) is 0 Å². The van der Waals surface area contributed by atoms with E-state index in [1.54, 1.807) is 16.7 Å². The summed E-state index contributed by atoms with van der Waals surface area (Å²) in [6.45, 7) is 1.94. The quantitative estimate of drug-likeness (QED) is 0.806. The van der Waals surface area contributed by atoms with E-state index in [1.807, 2.05) is 6.92 Å². The number of hydrogen-bond donors (Lipinski definition) is 0. The standard InChI is InChI=1S/C14H14ClFN2O/c1-2-9(15)13-17-11-5-3-4-10(16)12(11)14(19)18(13)8-6-7-8/h3-5,8-9H,2,6-7H2,1H3/t9-/m1/s1. The van der Waals surface area contributed by atoms with E-state index in [1.165, 1.54) is 6.07 Å². The van der Waals surface area contributed by atoms with Gasteiger partial charge in [0.2, 0.25) is 0 Å². The van der Waals surface area contributed by atoms with E-state index >= 15 is 0 Å². The number of benzene rings is 1. The first-order chi connectivity index (χ1) is 9.13. The first-order valence-electron chi connectivity index (χ1n) is 6.48. The van der Waals surface area contributed by atoms with Crippen molar-refractivity contribution in [2.24, 2.45) is 0 Å². The lowest BCUT2D eigenvalue weighted by Gasteiger charge is -2.15. The minimum Gasteiger partial charge on any atom is -0.292 e. The summed E-state index contributed by atoms with van der Waals surface area (Å²) in [7, 11) is 0. The number of hydrogen-bond acceptors (Lipinski definition) is 2. The van der Waals surface area contributed by atoms with Crippen LogP contribution in [-0.4, -0.2) is 9.55 Å². The van der Waals surface area contributed by atoms with Gasteiger partial charge in [0.05, 0.1) is 10.9 Å². The third kappa shape index (κ3) is 2.04. The first kappa shape index (κ1) is 12.6. The Bertz CT molecular complexity index is 694. The van der Waals surface area contributed by atoms with Crippen LogP contribution in [0.15, 0.2) is 23.0 Å². The molecule has 0 unspecified atom stereocenters. The van der Waals surface area contributed by atoms with Gasteiger partial charge >= 0.3 is 0 Å². The third-order valence-corrected chi connectivity index (χ3v) is 3.96. The Hall–Kier alpha value is -1.42. The number of alkyl halides is 1. The van der Waals surface area contributed by atoms with Gasteiger partial charge in [0.25, 0.3) is 5.56 Å².